The molecule has 0 aliphatic carbocycles. The fraction of sp³-hybridized carbons (Fsp3) is 0.889. The molecule has 16 heavy (non-hydrogen) atoms. The van der Waals surface area contributed by atoms with Gasteiger partial charge in [0, 0.05) is 33.5 Å². The third kappa shape index (κ3) is 8.63. The van der Waals surface area contributed by atoms with Crippen LogP contribution in [0.15, 0.2) is 0 Å². The van der Waals surface area contributed by atoms with Gasteiger partial charge >= 0.3 is 0 Å². The third-order valence-corrected chi connectivity index (χ3v) is 2.91. The molecule has 7 heteroatoms. The maximum absolute atomic E-state index is 11.5. The highest BCUT2D eigenvalue weighted by Gasteiger charge is 2.10. The van der Waals surface area contributed by atoms with E-state index in [1.807, 2.05) is 0 Å². The molecule has 1 amide bonds. The minimum absolute atomic E-state index is 0.00664. The molecular weight excluding hydrogens is 232 g/mol. The molecule has 0 radical (unpaired) electrons. The van der Waals surface area contributed by atoms with Crippen molar-refractivity contribution in [3.05, 3.63) is 0 Å². The highest BCUT2D eigenvalue weighted by Crippen LogP contribution is 1.88. The highest BCUT2D eigenvalue weighted by molar-refractivity contribution is 7.90. The summed E-state index contributed by atoms with van der Waals surface area (Å²) in [5.41, 5.74) is 0. The van der Waals surface area contributed by atoms with Crippen molar-refractivity contribution in [2.75, 3.05) is 52.4 Å². The summed E-state index contributed by atoms with van der Waals surface area (Å²) in [5.74, 6) is -0.132. The normalized spacial score (nSPS) is 11.4. The molecular formula is C9H20N2O4S. The predicted molar refractivity (Wildman–Crippen MR) is 62.1 cm³/mol. The van der Waals surface area contributed by atoms with Crippen LogP contribution in [-0.4, -0.2) is 71.6 Å². The third-order valence-electron chi connectivity index (χ3n) is 1.98. The van der Waals surface area contributed by atoms with Gasteiger partial charge in [0.05, 0.1) is 18.9 Å². The fourth-order valence-corrected chi connectivity index (χ4v) is 1.54. The summed E-state index contributed by atoms with van der Waals surface area (Å²) in [6.07, 6.45) is 1.15. The van der Waals surface area contributed by atoms with E-state index in [9.17, 15) is 13.2 Å². The lowest BCUT2D eigenvalue weighted by Crippen LogP contribution is -2.38. The predicted octanol–water partition coefficient (Wildman–Crippen LogP) is -1.27. The maximum Gasteiger partial charge on any atom is 0.236 e. The quantitative estimate of drug-likeness (QED) is 0.545. The Kier molecular flexibility index (Phi) is 7.27. The first-order chi connectivity index (χ1) is 7.37. The van der Waals surface area contributed by atoms with Gasteiger partial charge in [-0.25, -0.2) is 8.42 Å². The van der Waals surface area contributed by atoms with E-state index in [0.717, 1.165) is 6.26 Å². The van der Waals surface area contributed by atoms with Crippen molar-refractivity contribution in [1.82, 2.24) is 10.2 Å². The van der Waals surface area contributed by atoms with Crippen LogP contribution in [0.2, 0.25) is 0 Å². The molecule has 96 valence electrons. The lowest BCUT2D eigenvalue weighted by Gasteiger charge is -2.16. The smallest absolute Gasteiger partial charge is 0.236 e. The van der Waals surface area contributed by atoms with Crippen molar-refractivity contribution in [2.45, 2.75) is 0 Å². The number of nitrogens with one attached hydrogen (secondary N) is 1. The minimum atomic E-state index is -3.02. The second-order valence-electron chi connectivity index (χ2n) is 3.61. The van der Waals surface area contributed by atoms with Gasteiger partial charge in [-0.05, 0) is 0 Å². The number of amides is 1. The number of carbonyl (C=O) groups excluding carboxylic acids is 1. The van der Waals surface area contributed by atoms with Crippen molar-refractivity contribution in [3.63, 3.8) is 0 Å². The minimum Gasteiger partial charge on any atom is -0.383 e. The van der Waals surface area contributed by atoms with E-state index in [-0.39, 0.29) is 24.7 Å². The lowest BCUT2D eigenvalue weighted by atomic mass is 10.5. The summed E-state index contributed by atoms with van der Waals surface area (Å²) in [7, 11) is 0.158. The molecule has 0 aromatic heterocycles. The Morgan fingerprint density at radius 2 is 2.06 bits per heavy atom. The zero-order valence-corrected chi connectivity index (χ0v) is 10.8. The van der Waals surface area contributed by atoms with Gasteiger partial charge in [0.25, 0.3) is 0 Å². The van der Waals surface area contributed by atoms with Crippen LogP contribution in [0.4, 0.5) is 0 Å². The van der Waals surface area contributed by atoms with Crippen molar-refractivity contribution in [1.29, 1.82) is 0 Å². The van der Waals surface area contributed by atoms with Crippen LogP contribution < -0.4 is 5.32 Å². The second-order valence-corrected chi connectivity index (χ2v) is 5.87. The maximum atomic E-state index is 11.5. The molecule has 0 saturated carbocycles. The van der Waals surface area contributed by atoms with E-state index in [2.05, 4.69) is 5.32 Å². The zero-order chi connectivity index (χ0) is 12.6. The van der Waals surface area contributed by atoms with Crippen LogP contribution >= 0.6 is 0 Å². The number of methoxy groups -OCH3 is 1. The zero-order valence-electron chi connectivity index (χ0n) is 10.0. The number of sulfone groups is 1. The van der Waals surface area contributed by atoms with E-state index >= 15 is 0 Å². The molecule has 0 atom stereocenters. The molecule has 0 spiro atoms. The highest BCUT2D eigenvalue weighted by atomic mass is 32.2. The summed E-state index contributed by atoms with van der Waals surface area (Å²) in [6.45, 7) is 1.57. The standard InChI is InChI=1S/C9H20N2O4S/c1-11(5-7-16(3,13)14)9(12)8-10-4-6-15-2/h10H,4-8H2,1-3H3. The van der Waals surface area contributed by atoms with Gasteiger partial charge in [-0.2, -0.15) is 0 Å². The van der Waals surface area contributed by atoms with E-state index in [0.29, 0.717) is 13.2 Å². The lowest BCUT2D eigenvalue weighted by molar-refractivity contribution is -0.128. The number of nitrogens with zero attached hydrogens (tertiary/aromatic N) is 1. The Labute approximate surface area is 96.9 Å². The van der Waals surface area contributed by atoms with Gasteiger partial charge in [0.15, 0.2) is 0 Å². The first-order valence-corrected chi connectivity index (χ1v) is 7.04. The van der Waals surface area contributed by atoms with Crippen molar-refractivity contribution in [3.8, 4) is 0 Å². The average molecular weight is 252 g/mol. The number of ether oxygens (including phenoxy) is 1. The second kappa shape index (κ2) is 7.59. The van der Waals surface area contributed by atoms with Gasteiger partial charge in [-0.15, -0.1) is 0 Å². The van der Waals surface area contributed by atoms with Crippen LogP contribution in [0.25, 0.3) is 0 Å². The van der Waals surface area contributed by atoms with Crippen LogP contribution in [0.1, 0.15) is 0 Å². The van der Waals surface area contributed by atoms with Crippen LogP contribution in [0, 0.1) is 0 Å². The summed E-state index contributed by atoms with van der Waals surface area (Å²) >= 11 is 0. The van der Waals surface area contributed by atoms with Crippen molar-refractivity contribution >= 4 is 15.7 Å². The van der Waals surface area contributed by atoms with E-state index in [1.54, 1.807) is 14.2 Å². The molecule has 0 saturated heterocycles. The van der Waals surface area contributed by atoms with E-state index in [1.165, 1.54) is 4.90 Å². The molecule has 1 N–H and O–H groups in total. The molecule has 0 aliphatic heterocycles. The summed E-state index contributed by atoms with van der Waals surface area (Å²) in [5, 5.41) is 2.90. The van der Waals surface area contributed by atoms with Gasteiger partial charge < -0.3 is 15.0 Å². The molecule has 0 rings (SSSR count). The number of carbonyl (C=O) groups is 1. The fourth-order valence-electron chi connectivity index (χ4n) is 0.932. The molecule has 6 nitrogen and oxygen atoms in total. The van der Waals surface area contributed by atoms with E-state index < -0.39 is 9.84 Å². The van der Waals surface area contributed by atoms with E-state index in [4.69, 9.17) is 4.74 Å². The Balaban J connectivity index is 3.74. The monoisotopic (exact) mass is 252 g/mol. The number of likely N-dealkylation sites (N-methyl/N-ethyl adjacent to an activating group) is 1. The molecule has 0 bridgehead atoms. The molecule has 0 fully saturated rings. The SMILES string of the molecule is COCCNCC(=O)N(C)CCS(C)(=O)=O. The van der Waals surface area contributed by atoms with Crippen molar-refractivity contribution < 1.29 is 17.9 Å². The van der Waals surface area contributed by atoms with Crippen LogP contribution in [0.3, 0.4) is 0 Å². The molecule has 0 aromatic carbocycles. The van der Waals surface area contributed by atoms with Gasteiger partial charge in [0.2, 0.25) is 5.91 Å². The summed E-state index contributed by atoms with van der Waals surface area (Å²) < 4.78 is 26.6. The Morgan fingerprint density at radius 3 is 2.56 bits per heavy atom. The topological polar surface area (TPSA) is 75.7 Å². The molecule has 0 aliphatic rings. The molecule has 0 unspecified atom stereocenters. The number of hydrogen-bond donors (Lipinski definition) is 1. The average Bonchev–Trinajstić information content (AvgIpc) is 2.19. The Morgan fingerprint density at radius 1 is 1.44 bits per heavy atom. The summed E-state index contributed by atoms with van der Waals surface area (Å²) in [4.78, 5) is 12.9. The first-order valence-electron chi connectivity index (χ1n) is 4.98. The van der Waals surface area contributed by atoms with Crippen LogP contribution in [0.5, 0.6) is 0 Å². The largest absolute Gasteiger partial charge is 0.383 e. The Hall–Kier alpha value is -0.660. The van der Waals surface area contributed by atoms with Gasteiger partial charge in [-0.1, -0.05) is 0 Å². The van der Waals surface area contributed by atoms with Crippen LogP contribution in [-0.2, 0) is 19.4 Å². The number of rotatable bonds is 8. The van der Waals surface area contributed by atoms with Gasteiger partial charge in [0.1, 0.15) is 9.84 Å². The first kappa shape index (κ1) is 15.3. The molecule has 0 heterocycles. The number of hydrogen-bond acceptors (Lipinski definition) is 5. The van der Waals surface area contributed by atoms with Gasteiger partial charge in [-0.3, -0.25) is 4.79 Å². The summed E-state index contributed by atoms with van der Waals surface area (Å²) in [6, 6.07) is 0. The Bertz CT molecular complexity index is 303. The van der Waals surface area contributed by atoms with Crippen molar-refractivity contribution in [2.24, 2.45) is 0 Å². The molecule has 0 aromatic rings.